The second-order valence-corrected chi connectivity index (χ2v) is 8.26. The van der Waals surface area contributed by atoms with Crippen molar-refractivity contribution in [3.63, 3.8) is 0 Å². The number of benzene rings is 1. The Morgan fingerprint density at radius 2 is 1.78 bits per heavy atom. The number of rotatable bonds is 5. The van der Waals surface area contributed by atoms with Crippen LogP contribution in [-0.4, -0.2) is 22.9 Å². The zero-order valence-corrected chi connectivity index (χ0v) is 16.4. The highest BCUT2D eigenvalue weighted by atomic mass is 16.6. The molecule has 1 amide bonds. The predicted molar refractivity (Wildman–Crippen MR) is 102 cm³/mol. The summed E-state index contributed by atoms with van der Waals surface area (Å²) in [7, 11) is 0. The van der Waals surface area contributed by atoms with Crippen molar-refractivity contribution in [2.24, 2.45) is 17.3 Å². The second-order valence-electron chi connectivity index (χ2n) is 8.26. The Balaban J connectivity index is 1.90. The Morgan fingerprint density at radius 1 is 1.19 bits per heavy atom. The number of hydrogen-bond acceptors (Lipinski definition) is 5. The summed E-state index contributed by atoms with van der Waals surface area (Å²) in [6, 6.07) is 5.86. The molecular formula is C20H28N2O5. The van der Waals surface area contributed by atoms with Crippen molar-refractivity contribution < 1.29 is 19.2 Å². The molecule has 0 radical (unpaired) electrons. The van der Waals surface area contributed by atoms with Crippen molar-refractivity contribution in [2.45, 2.75) is 59.5 Å². The number of ether oxygens (including phenoxy) is 1. The summed E-state index contributed by atoms with van der Waals surface area (Å²) in [5.74, 6) is -0.556. The van der Waals surface area contributed by atoms with Crippen LogP contribution in [0.2, 0.25) is 0 Å². The Labute approximate surface area is 159 Å². The highest BCUT2D eigenvalue weighted by molar-refractivity contribution is 5.96. The van der Waals surface area contributed by atoms with Crippen LogP contribution in [0.1, 0.15) is 53.4 Å². The summed E-state index contributed by atoms with van der Waals surface area (Å²) in [5.41, 5.74) is 0.109. The van der Waals surface area contributed by atoms with Crippen LogP contribution in [0, 0.1) is 27.4 Å². The third-order valence-corrected chi connectivity index (χ3v) is 5.31. The van der Waals surface area contributed by atoms with Crippen LogP contribution in [-0.2, 0) is 14.3 Å². The molecule has 1 atom stereocenters. The Bertz CT molecular complexity index is 703. The van der Waals surface area contributed by atoms with Crippen molar-refractivity contribution in [1.82, 2.24) is 0 Å². The van der Waals surface area contributed by atoms with E-state index in [0.717, 1.165) is 25.7 Å². The number of hydrogen-bond donors (Lipinski definition) is 1. The molecule has 7 nitrogen and oxygen atoms in total. The van der Waals surface area contributed by atoms with Gasteiger partial charge < -0.3 is 10.1 Å². The molecular weight excluding hydrogens is 348 g/mol. The van der Waals surface area contributed by atoms with E-state index in [1.54, 1.807) is 6.07 Å². The zero-order valence-electron chi connectivity index (χ0n) is 16.4. The quantitative estimate of drug-likeness (QED) is 0.469. The van der Waals surface area contributed by atoms with E-state index in [1.165, 1.54) is 25.1 Å². The summed E-state index contributed by atoms with van der Waals surface area (Å²) in [5, 5.41) is 13.5. The van der Waals surface area contributed by atoms with Gasteiger partial charge in [-0.1, -0.05) is 32.9 Å². The van der Waals surface area contributed by atoms with E-state index >= 15 is 0 Å². The van der Waals surface area contributed by atoms with Crippen LogP contribution in [0.25, 0.3) is 0 Å². The Hall–Kier alpha value is -2.44. The summed E-state index contributed by atoms with van der Waals surface area (Å²) in [6.07, 6.45) is 2.45. The standard InChI is InChI=1S/C20H28N2O5/c1-13(18(23)21-16-7-5-6-8-17(16)22(25)26)27-19(24)14-9-11-15(12-10-14)20(2,3)4/h5-8,13-15H,9-12H2,1-4H3,(H,21,23). The minimum Gasteiger partial charge on any atom is -0.452 e. The normalized spacial score (nSPS) is 21.2. The minimum atomic E-state index is -1.02. The van der Waals surface area contributed by atoms with E-state index in [4.69, 9.17) is 4.74 Å². The molecule has 0 bridgehead atoms. The summed E-state index contributed by atoms with van der Waals surface area (Å²) in [4.78, 5) is 35.1. The number of carbonyl (C=O) groups is 2. The minimum absolute atomic E-state index is 0.0843. The first-order valence-electron chi connectivity index (χ1n) is 9.34. The van der Waals surface area contributed by atoms with Gasteiger partial charge in [-0.25, -0.2) is 0 Å². The van der Waals surface area contributed by atoms with Crippen molar-refractivity contribution in [1.29, 1.82) is 0 Å². The van der Waals surface area contributed by atoms with Crippen LogP contribution in [0.15, 0.2) is 24.3 Å². The maximum absolute atomic E-state index is 12.4. The lowest BCUT2D eigenvalue weighted by Crippen LogP contribution is -2.34. The maximum atomic E-state index is 12.4. The number of nitrogens with zero attached hydrogens (tertiary/aromatic N) is 1. The third-order valence-electron chi connectivity index (χ3n) is 5.31. The summed E-state index contributed by atoms with van der Waals surface area (Å²) >= 11 is 0. The van der Waals surface area contributed by atoms with Crippen LogP contribution in [0.4, 0.5) is 11.4 Å². The average Bonchev–Trinajstić information content (AvgIpc) is 2.61. The first kappa shape index (κ1) is 20.9. The van der Waals surface area contributed by atoms with E-state index in [1.807, 2.05) is 0 Å². The molecule has 1 fully saturated rings. The van der Waals surface area contributed by atoms with E-state index in [0.29, 0.717) is 5.92 Å². The zero-order chi connectivity index (χ0) is 20.2. The van der Waals surface area contributed by atoms with E-state index in [9.17, 15) is 19.7 Å². The molecule has 0 saturated heterocycles. The Kier molecular flexibility index (Phi) is 6.57. The monoisotopic (exact) mass is 376 g/mol. The SMILES string of the molecule is CC(OC(=O)C1CCC(C(C)(C)C)CC1)C(=O)Nc1ccccc1[N+](=O)[O-]. The smallest absolute Gasteiger partial charge is 0.309 e. The molecule has 0 heterocycles. The van der Waals surface area contributed by atoms with Gasteiger partial charge in [-0.05, 0) is 50.0 Å². The lowest BCUT2D eigenvalue weighted by molar-refractivity contribution is -0.383. The number of amides is 1. The Morgan fingerprint density at radius 3 is 2.33 bits per heavy atom. The largest absolute Gasteiger partial charge is 0.452 e. The van der Waals surface area contributed by atoms with Crippen molar-refractivity contribution in [3.8, 4) is 0 Å². The lowest BCUT2D eigenvalue weighted by Gasteiger charge is -2.36. The first-order valence-corrected chi connectivity index (χ1v) is 9.34. The molecule has 27 heavy (non-hydrogen) atoms. The molecule has 1 aliphatic rings. The van der Waals surface area contributed by atoms with Crippen molar-refractivity contribution in [2.75, 3.05) is 5.32 Å². The molecule has 0 aromatic heterocycles. The number of esters is 1. The van der Waals surface area contributed by atoms with Gasteiger partial charge in [0, 0.05) is 6.07 Å². The van der Waals surface area contributed by atoms with Gasteiger partial charge in [-0.15, -0.1) is 0 Å². The number of nitro benzene ring substituents is 1. The first-order chi connectivity index (χ1) is 12.6. The molecule has 1 aromatic rings. The van der Waals surface area contributed by atoms with Crippen LogP contribution < -0.4 is 5.32 Å². The molecule has 1 unspecified atom stereocenters. The fourth-order valence-electron chi connectivity index (χ4n) is 3.49. The van der Waals surface area contributed by atoms with Crippen LogP contribution in [0.5, 0.6) is 0 Å². The van der Waals surface area contributed by atoms with Gasteiger partial charge in [-0.3, -0.25) is 19.7 Å². The molecule has 1 aliphatic carbocycles. The third kappa shape index (κ3) is 5.52. The highest BCUT2D eigenvalue weighted by Gasteiger charge is 2.34. The van der Waals surface area contributed by atoms with Crippen molar-refractivity contribution in [3.05, 3.63) is 34.4 Å². The molecule has 0 aliphatic heterocycles. The average molecular weight is 376 g/mol. The van der Waals surface area contributed by atoms with E-state index in [-0.39, 0.29) is 28.7 Å². The fraction of sp³-hybridized carbons (Fsp3) is 0.600. The van der Waals surface area contributed by atoms with Gasteiger partial charge in [-0.2, -0.15) is 0 Å². The fourth-order valence-corrected chi connectivity index (χ4v) is 3.49. The number of carbonyl (C=O) groups excluding carboxylic acids is 2. The highest BCUT2D eigenvalue weighted by Crippen LogP contribution is 2.40. The van der Waals surface area contributed by atoms with E-state index in [2.05, 4.69) is 26.1 Å². The molecule has 0 spiro atoms. The number of nitrogens with one attached hydrogen (secondary N) is 1. The van der Waals surface area contributed by atoms with Gasteiger partial charge >= 0.3 is 5.97 Å². The maximum Gasteiger partial charge on any atom is 0.309 e. The molecule has 7 heteroatoms. The summed E-state index contributed by atoms with van der Waals surface area (Å²) < 4.78 is 5.32. The predicted octanol–water partition coefficient (Wildman–Crippen LogP) is 4.32. The molecule has 1 saturated carbocycles. The van der Waals surface area contributed by atoms with E-state index < -0.39 is 16.9 Å². The molecule has 148 valence electrons. The number of nitro groups is 1. The molecule has 2 rings (SSSR count). The van der Waals surface area contributed by atoms with Gasteiger partial charge in [0.2, 0.25) is 0 Å². The van der Waals surface area contributed by atoms with Gasteiger partial charge in [0.05, 0.1) is 10.8 Å². The summed E-state index contributed by atoms with van der Waals surface area (Å²) in [6.45, 7) is 8.12. The topological polar surface area (TPSA) is 98.5 Å². The van der Waals surface area contributed by atoms with Crippen LogP contribution in [0.3, 0.4) is 0 Å². The number of para-hydroxylation sites is 2. The molecule has 1 N–H and O–H groups in total. The van der Waals surface area contributed by atoms with Crippen molar-refractivity contribution >= 4 is 23.3 Å². The number of anilines is 1. The molecule has 1 aromatic carbocycles. The van der Waals surface area contributed by atoms with Gasteiger partial charge in [0.1, 0.15) is 5.69 Å². The van der Waals surface area contributed by atoms with Crippen LogP contribution >= 0.6 is 0 Å². The van der Waals surface area contributed by atoms with Gasteiger partial charge in [0.25, 0.3) is 11.6 Å². The lowest BCUT2D eigenvalue weighted by atomic mass is 9.70. The second kappa shape index (κ2) is 8.50. The van der Waals surface area contributed by atoms with Gasteiger partial charge in [0.15, 0.2) is 6.10 Å².